The molecule has 0 aliphatic carbocycles. The van der Waals surface area contributed by atoms with Gasteiger partial charge in [0, 0.05) is 36.0 Å². The highest BCUT2D eigenvalue weighted by atomic mass is 79.9. The summed E-state index contributed by atoms with van der Waals surface area (Å²) in [6.45, 7) is 0. The first-order valence-corrected chi connectivity index (χ1v) is 14.5. The summed E-state index contributed by atoms with van der Waals surface area (Å²) in [5.74, 6) is 0. The Morgan fingerprint density at radius 3 is 0.821 bits per heavy atom. The molecule has 4 aromatic heterocycles. The highest BCUT2D eigenvalue weighted by Crippen LogP contribution is 2.23. The van der Waals surface area contributed by atoms with Crippen molar-refractivity contribution in [1.29, 1.82) is 0 Å². The van der Waals surface area contributed by atoms with Gasteiger partial charge in [0.2, 0.25) is 0 Å². The Morgan fingerprint density at radius 1 is 0.393 bits per heavy atom. The number of halogens is 4. The van der Waals surface area contributed by atoms with Crippen LogP contribution in [0.4, 0.5) is 0 Å². The van der Waals surface area contributed by atoms with Crippen molar-refractivity contribution in [2.75, 3.05) is 0 Å². The SMILES string of the molecule is Brc1c/c2s/c1=c1\s/c(cc1Br)=C\C=c1\cc(Br)/c(s1)=c1/s/c(cc1Br)=C\C=2. The maximum absolute atomic E-state index is 3.75. The molecule has 28 heavy (non-hydrogen) atoms. The molecule has 0 radical (unpaired) electrons. The highest BCUT2D eigenvalue weighted by molar-refractivity contribution is 9.11. The minimum Gasteiger partial charge on any atom is -0.134 e. The molecule has 1 aliphatic rings. The Hall–Kier alpha value is 0.200. The number of hydrogen-bond donors (Lipinski definition) is 0. The van der Waals surface area contributed by atoms with Gasteiger partial charge in [0.05, 0.1) is 18.1 Å². The van der Waals surface area contributed by atoms with E-state index in [9.17, 15) is 0 Å². The van der Waals surface area contributed by atoms with Crippen LogP contribution in [0.1, 0.15) is 0 Å². The third kappa shape index (κ3) is 3.80. The van der Waals surface area contributed by atoms with Crippen molar-refractivity contribution >= 4 is 133 Å². The third-order valence-corrected chi connectivity index (χ3v) is 12.3. The van der Waals surface area contributed by atoms with Gasteiger partial charge in [0.15, 0.2) is 0 Å². The predicted octanol–water partition coefficient (Wildman–Crippen LogP) is 6.39. The lowest BCUT2D eigenvalue weighted by molar-refractivity contribution is 1.66. The molecular weight excluding hydrogens is 688 g/mol. The lowest BCUT2D eigenvalue weighted by atomic mass is 10.4. The summed E-state index contributed by atoms with van der Waals surface area (Å²) in [5, 5.41) is 0. The summed E-state index contributed by atoms with van der Waals surface area (Å²) < 4.78 is 14.5. The first kappa shape index (κ1) is 20.1. The van der Waals surface area contributed by atoms with Gasteiger partial charge in [-0.3, -0.25) is 0 Å². The molecule has 0 N–H and O–H groups in total. The molecule has 5 heterocycles. The fraction of sp³-hybridized carbons (Fsp3) is 0. The topological polar surface area (TPSA) is 0 Å². The van der Waals surface area contributed by atoms with E-state index in [4.69, 9.17) is 0 Å². The van der Waals surface area contributed by atoms with E-state index >= 15 is 0 Å². The van der Waals surface area contributed by atoms with E-state index in [0.29, 0.717) is 0 Å². The second-order valence-electron chi connectivity index (χ2n) is 5.97. The van der Waals surface area contributed by atoms with E-state index in [1.165, 1.54) is 36.3 Å². The summed E-state index contributed by atoms with van der Waals surface area (Å²) in [7, 11) is 0. The van der Waals surface area contributed by atoms with Crippen molar-refractivity contribution in [3.8, 4) is 0 Å². The van der Waals surface area contributed by atoms with Crippen LogP contribution in [0.2, 0.25) is 0 Å². The van der Waals surface area contributed by atoms with Crippen molar-refractivity contribution in [3.63, 3.8) is 0 Å². The molecule has 0 saturated heterocycles. The van der Waals surface area contributed by atoms with Crippen LogP contribution in [0.25, 0.3) is 24.3 Å². The van der Waals surface area contributed by atoms with E-state index in [2.05, 4.69) is 112 Å². The first-order chi connectivity index (χ1) is 13.5. The third-order valence-electron chi connectivity index (χ3n) is 4.06. The summed E-state index contributed by atoms with van der Waals surface area (Å²) in [6, 6.07) is 8.78. The van der Waals surface area contributed by atoms with Gasteiger partial charge in [-0.15, -0.1) is 45.3 Å². The van der Waals surface area contributed by atoms with Crippen LogP contribution in [-0.2, 0) is 0 Å². The van der Waals surface area contributed by atoms with Gasteiger partial charge < -0.3 is 0 Å². The van der Waals surface area contributed by atoms with Crippen LogP contribution in [-0.4, -0.2) is 0 Å². The summed E-state index contributed by atoms with van der Waals surface area (Å²) in [4.78, 5) is 0. The van der Waals surface area contributed by atoms with Crippen molar-refractivity contribution in [3.05, 3.63) is 78.4 Å². The lowest BCUT2D eigenvalue weighted by Crippen LogP contribution is -1.91. The van der Waals surface area contributed by atoms with Crippen LogP contribution >= 0.6 is 109 Å². The Kier molecular flexibility index (Phi) is 5.78. The Morgan fingerprint density at radius 2 is 0.607 bits per heavy atom. The average Bonchev–Trinajstić information content (AvgIpc) is 3.38. The molecule has 0 spiro atoms. The van der Waals surface area contributed by atoms with Gasteiger partial charge in [-0.25, -0.2) is 0 Å². The quantitative estimate of drug-likeness (QED) is 0.200. The monoisotopic (exact) mass is 692 g/mol. The van der Waals surface area contributed by atoms with Crippen LogP contribution in [0.3, 0.4) is 0 Å². The zero-order valence-electron chi connectivity index (χ0n) is 13.8. The van der Waals surface area contributed by atoms with E-state index in [0.717, 1.165) is 17.9 Å². The fourth-order valence-electron chi connectivity index (χ4n) is 2.82. The average molecular weight is 696 g/mol. The molecule has 1 aliphatic heterocycles. The first-order valence-electron chi connectivity index (χ1n) is 8.02. The molecule has 0 atom stereocenters. The maximum Gasteiger partial charge on any atom is 0.0602 e. The lowest BCUT2D eigenvalue weighted by Gasteiger charge is -1.80. The van der Waals surface area contributed by atoms with Crippen LogP contribution in [0, 0.1) is 18.1 Å². The largest absolute Gasteiger partial charge is 0.134 e. The highest BCUT2D eigenvalue weighted by Gasteiger charge is 2.04. The van der Waals surface area contributed by atoms with Crippen molar-refractivity contribution in [2.24, 2.45) is 0 Å². The second kappa shape index (κ2) is 8.04. The second-order valence-corrected chi connectivity index (χ2v) is 13.7. The Balaban J connectivity index is 2.02. The molecular formula is C20H8Br4S4. The zero-order valence-corrected chi connectivity index (χ0v) is 23.4. The molecule has 4 aromatic rings. The van der Waals surface area contributed by atoms with E-state index in [-0.39, 0.29) is 0 Å². The molecule has 0 nitrogen and oxygen atoms in total. The molecule has 140 valence electrons. The van der Waals surface area contributed by atoms with Crippen molar-refractivity contribution < 1.29 is 0 Å². The molecule has 8 bridgehead atoms. The summed E-state index contributed by atoms with van der Waals surface area (Å²) >= 11 is 22.2. The van der Waals surface area contributed by atoms with E-state index in [1.54, 1.807) is 45.3 Å². The zero-order chi connectivity index (χ0) is 19.4. The minimum atomic E-state index is 1.14. The molecule has 0 fully saturated rings. The Labute approximate surface area is 209 Å². The number of fused-ring (bicyclic) bond motifs is 8. The number of thiophene rings is 4. The van der Waals surface area contributed by atoms with Gasteiger partial charge in [0.1, 0.15) is 0 Å². The van der Waals surface area contributed by atoms with Crippen molar-refractivity contribution in [2.45, 2.75) is 0 Å². The maximum atomic E-state index is 3.75. The standard InChI is InChI=1S/C20H8Br4S4/c21-13-5-9-1-2-10-6-14(22)19(26-10)20-16(24)8-12(28-20)4-3-11-7-15(23)18(27-11)17(13)25-9/h1-8H/b2-1?,4-3?,9-1-,10-2-,11-3-,12-4-,18-17-,20-19-. The van der Waals surface area contributed by atoms with Crippen LogP contribution < -0.4 is 18.1 Å². The van der Waals surface area contributed by atoms with Gasteiger partial charge in [-0.05, 0) is 112 Å². The molecule has 0 aromatic carbocycles. The molecule has 0 amide bonds. The predicted molar refractivity (Wildman–Crippen MR) is 140 cm³/mol. The van der Waals surface area contributed by atoms with Crippen molar-refractivity contribution in [1.82, 2.24) is 0 Å². The van der Waals surface area contributed by atoms with E-state index < -0.39 is 0 Å². The molecule has 5 rings (SSSR count). The fourth-order valence-corrected chi connectivity index (χ4v) is 10.8. The normalized spacial score (nSPS) is 20.1. The van der Waals surface area contributed by atoms with E-state index in [1.807, 2.05) is 0 Å². The number of rotatable bonds is 0. The van der Waals surface area contributed by atoms with Gasteiger partial charge in [-0.2, -0.15) is 0 Å². The number of hydrogen-bond acceptors (Lipinski definition) is 4. The van der Waals surface area contributed by atoms with Crippen LogP contribution in [0.15, 0.2) is 42.2 Å². The van der Waals surface area contributed by atoms with Crippen LogP contribution in [0.5, 0.6) is 0 Å². The summed E-state index contributed by atoms with van der Waals surface area (Å²) in [6.07, 6.45) is 8.79. The van der Waals surface area contributed by atoms with Gasteiger partial charge >= 0.3 is 0 Å². The minimum absolute atomic E-state index is 1.14. The summed E-state index contributed by atoms with van der Waals surface area (Å²) in [5.41, 5.74) is 0. The Bertz CT molecular complexity index is 1410. The molecule has 0 unspecified atom stereocenters. The smallest absolute Gasteiger partial charge is 0.0602 e. The van der Waals surface area contributed by atoms with Gasteiger partial charge in [0.25, 0.3) is 0 Å². The molecule has 0 saturated carbocycles. The van der Waals surface area contributed by atoms with Gasteiger partial charge in [-0.1, -0.05) is 0 Å². The molecule has 8 heteroatoms.